The Morgan fingerprint density at radius 1 is 1.12 bits per heavy atom. The van der Waals surface area contributed by atoms with Gasteiger partial charge in [0, 0.05) is 23.2 Å². The summed E-state index contributed by atoms with van der Waals surface area (Å²) in [5, 5.41) is 3.96. The summed E-state index contributed by atoms with van der Waals surface area (Å²) in [4.78, 5) is 40.0. The lowest BCUT2D eigenvalue weighted by Gasteiger charge is -2.34. The second kappa shape index (κ2) is 12.9. The van der Waals surface area contributed by atoms with E-state index in [9.17, 15) is 14.4 Å². The Labute approximate surface area is 204 Å². The lowest BCUT2D eigenvalue weighted by molar-refractivity contribution is -0.147. The maximum absolute atomic E-state index is 13.3. The molecule has 8 heteroatoms. The van der Waals surface area contributed by atoms with Crippen LogP contribution in [0.2, 0.25) is 5.02 Å². The van der Waals surface area contributed by atoms with Crippen LogP contribution in [0.25, 0.3) is 10.1 Å². The van der Waals surface area contributed by atoms with E-state index in [1.807, 2.05) is 24.3 Å². The summed E-state index contributed by atoms with van der Waals surface area (Å²) in [7, 11) is 0. The number of nitrogens with one attached hydrogen (secondary N) is 1. The number of carbonyl (C=O) groups is 3. The summed E-state index contributed by atoms with van der Waals surface area (Å²) in [5.74, 6) is -1.12. The van der Waals surface area contributed by atoms with Gasteiger partial charge in [0.1, 0.15) is 10.9 Å². The average molecular weight is 493 g/mol. The minimum absolute atomic E-state index is 0.156. The third kappa shape index (κ3) is 6.93. The average Bonchev–Trinajstić information content (AvgIpc) is 3.15. The zero-order valence-electron chi connectivity index (χ0n) is 19.2. The molecule has 1 aromatic carbocycles. The lowest BCUT2D eigenvalue weighted by Crippen LogP contribution is -2.57. The van der Waals surface area contributed by atoms with Crippen molar-refractivity contribution in [1.29, 1.82) is 0 Å². The standard InChI is InChI=1S/C25H33ClN2O4S/c1-2-3-4-5-6-7-8-11-16-32-21(29)17-19-24(30)27-14-15-28(19)25(31)23-22(26)18-12-9-10-13-20(18)33-23/h9-10,12-13,19H,2-8,11,14-17H2,1H3,(H,27,30). The predicted molar refractivity (Wildman–Crippen MR) is 133 cm³/mol. The van der Waals surface area contributed by atoms with Crippen LogP contribution in [0, 0.1) is 0 Å². The van der Waals surface area contributed by atoms with Crippen LogP contribution in [0.3, 0.4) is 0 Å². The minimum Gasteiger partial charge on any atom is -0.466 e. The topological polar surface area (TPSA) is 75.7 Å². The summed E-state index contributed by atoms with van der Waals surface area (Å²) < 4.78 is 6.27. The molecule has 180 valence electrons. The largest absolute Gasteiger partial charge is 0.466 e. The molecule has 1 aliphatic heterocycles. The first-order valence-corrected chi connectivity index (χ1v) is 13.1. The first kappa shape index (κ1) is 25.5. The van der Waals surface area contributed by atoms with Crippen LogP contribution in [0.15, 0.2) is 24.3 Å². The number of thiophene rings is 1. The number of rotatable bonds is 12. The number of ether oxygens (including phenoxy) is 1. The molecule has 3 rings (SSSR count). The van der Waals surface area contributed by atoms with Gasteiger partial charge in [0.2, 0.25) is 5.91 Å². The van der Waals surface area contributed by atoms with Crippen LogP contribution in [0.4, 0.5) is 0 Å². The number of esters is 1. The number of benzene rings is 1. The number of halogens is 1. The van der Waals surface area contributed by atoms with E-state index >= 15 is 0 Å². The van der Waals surface area contributed by atoms with Crippen LogP contribution in [0.1, 0.15) is 74.4 Å². The number of carbonyl (C=O) groups excluding carboxylic acids is 3. The van der Waals surface area contributed by atoms with Crippen molar-refractivity contribution in [2.24, 2.45) is 0 Å². The number of nitrogens with zero attached hydrogens (tertiary/aromatic N) is 1. The van der Waals surface area contributed by atoms with Gasteiger partial charge in [0.25, 0.3) is 5.91 Å². The number of amides is 2. The molecule has 0 saturated carbocycles. The molecule has 0 bridgehead atoms. The van der Waals surface area contributed by atoms with E-state index in [-0.39, 0.29) is 18.2 Å². The Kier molecular flexibility index (Phi) is 10.0. The van der Waals surface area contributed by atoms with Crippen molar-refractivity contribution in [2.75, 3.05) is 19.7 Å². The van der Waals surface area contributed by atoms with Crippen LogP contribution < -0.4 is 5.32 Å². The van der Waals surface area contributed by atoms with Crippen LogP contribution >= 0.6 is 22.9 Å². The van der Waals surface area contributed by atoms with Crippen molar-refractivity contribution in [3.63, 3.8) is 0 Å². The molecule has 1 saturated heterocycles. The fourth-order valence-corrected chi connectivity index (χ4v) is 5.55. The zero-order valence-corrected chi connectivity index (χ0v) is 20.8. The summed E-state index contributed by atoms with van der Waals surface area (Å²) in [6, 6.07) is 6.65. The molecule has 6 nitrogen and oxygen atoms in total. The molecule has 2 heterocycles. The molecule has 2 amide bonds. The van der Waals surface area contributed by atoms with E-state index in [0.717, 1.165) is 29.3 Å². The van der Waals surface area contributed by atoms with Gasteiger partial charge < -0.3 is 15.0 Å². The first-order valence-electron chi connectivity index (χ1n) is 11.9. The molecule has 1 aliphatic rings. The molecule has 1 N–H and O–H groups in total. The smallest absolute Gasteiger partial charge is 0.308 e. The molecule has 1 atom stereocenters. The van der Waals surface area contributed by atoms with Gasteiger partial charge in [-0.1, -0.05) is 81.7 Å². The van der Waals surface area contributed by atoms with Crippen molar-refractivity contribution in [1.82, 2.24) is 10.2 Å². The molecular weight excluding hydrogens is 460 g/mol. The van der Waals surface area contributed by atoms with Crippen LogP contribution in [0.5, 0.6) is 0 Å². The number of hydrogen-bond acceptors (Lipinski definition) is 5. The maximum Gasteiger partial charge on any atom is 0.308 e. The molecule has 0 spiro atoms. The Balaban J connectivity index is 1.51. The summed E-state index contributed by atoms with van der Waals surface area (Å²) in [5.41, 5.74) is 0. The third-order valence-electron chi connectivity index (χ3n) is 5.94. The van der Waals surface area contributed by atoms with Gasteiger partial charge in [-0.25, -0.2) is 0 Å². The molecular formula is C25H33ClN2O4S. The highest BCUT2D eigenvalue weighted by Gasteiger charge is 2.37. The van der Waals surface area contributed by atoms with Crippen molar-refractivity contribution in [2.45, 2.75) is 70.8 Å². The highest BCUT2D eigenvalue weighted by molar-refractivity contribution is 7.21. The van der Waals surface area contributed by atoms with Gasteiger partial charge in [-0.15, -0.1) is 11.3 Å². The van der Waals surface area contributed by atoms with E-state index in [1.54, 1.807) is 0 Å². The maximum atomic E-state index is 13.3. The second-order valence-corrected chi connectivity index (χ2v) is 9.88. The molecule has 1 unspecified atom stereocenters. The van der Waals surface area contributed by atoms with Crippen molar-refractivity contribution in [3.8, 4) is 0 Å². The molecule has 1 aromatic heterocycles. The monoisotopic (exact) mass is 492 g/mol. The number of piperazine rings is 1. The summed E-state index contributed by atoms with van der Waals surface area (Å²) in [6.45, 7) is 3.22. The Morgan fingerprint density at radius 3 is 2.55 bits per heavy atom. The van der Waals surface area contributed by atoms with E-state index in [4.69, 9.17) is 16.3 Å². The van der Waals surface area contributed by atoms with Gasteiger partial charge in [0.05, 0.1) is 18.1 Å². The van der Waals surface area contributed by atoms with E-state index in [1.165, 1.54) is 48.3 Å². The third-order valence-corrected chi connectivity index (χ3v) is 7.61. The van der Waals surface area contributed by atoms with E-state index in [0.29, 0.717) is 29.6 Å². The van der Waals surface area contributed by atoms with Crippen LogP contribution in [-0.4, -0.2) is 48.4 Å². The zero-order chi connectivity index (χ0) is 23.6. The van der Waals surface area contributed by atoms with Gasteiger partial charge in [0.15, 0.2) is 0 Å². The Morgan fingerprint density at radius 2 is 1.82 bits per heavy atom. The van der Waals surface area contributed by atoms with Crippen molar-refractivity contribution < 1.29 is 19.1 Å². The van der Waals surface area contributed by atoms with Crippen LogP contribution in [-0.2, 0) is 14.3 Å². The summed E-state index contributed by atoms with van der Waals surface area (Å²) in [6.07, 6.45) is 9.13. The number of unbranched alkanes of at least 4 members (excludes halogenated alkanes) is 7. The Hall–Kier alpha value is -2.12. The van der Waals surface area contributed by atoms with E-state index < -0.39 is 12.0 Å². The first-order chi connectivity index (χ1) is 16.0. The quantitative estimate of drug-likeness (QED) is 0.310. The predicted octanol–water partition coefficient (Wildman–Crippen LogP) is 5.57. The summed E-state index contributed by atoms with van der Waals surface area (Å²) >= 11 is 7.78. The SMILES string of the molecule is CCCCCCCCCCOC(=O)CC1C(=O)NCCN1C(=O)c1sc2ccccc2c1Cl. The minimum atomic E-state index is -0.890. The molecule has 2 aromatic rings. The fourth-order valence-electron chi connectivity index (χ4n) is 4.08. The van der Waals surface area contributed by atoms with Gasteiger partial charge in [-0.3, -0.25) is 14.4 Å². The van der Waals surface area contributed by atoms with Crippen molar-refractivity contribution in [3.05, 3.63) is 34.2 Å². The number of hydrogen-bond donors (Lipinski definition) is 1. The molecule has 0 radical (unpaired) electrons. The molecule has 33 heavy (non-hydrogen) atoms. The second-order valence-electron chi connectivity index (χ2n) is 8.45. The molecule has 1 fully saturated rings. The molecule has 0 aliphatic carbocycles. The van der Waals surface area contributed by atoms with Crippen molar-refractivity contribution >= 4 is 50.8 Å². The van der Waals surface area contributed by atoms with Gasteiger partial charge in [-0.2, -0.15) is 0 Å². The normalized spacial score (nSPS) is 16.1. The Bertz CT molecular complexity index is 961. The number of fused-ring (bicyclic) bond motifs is 1. The lowest BCUT2D eigenvalue weighted by atomic mass is 10.1. The van der Waals surface area contributed by atoms with Gasteiger partial charge >= 0.3 is 5.97 Å². The van der Waals surface area contributed by atoms with Gasteiger partial charge in [-0.05, 0) is 12.5 Å². The highest BCUT2D eigenvalue weighted by atomic mass is 35.5. The fraction of sp³-hybridized carbons (Fsp3) is 0.560. The van der Waals surface area contributed by atoms with E-state index in [2.05, 4.69) is 12.2 Å². The highest BCUT2D eigenvalue weighted by Crippen LogP contribution is 2.36.